The predicted molar refractivity (Wildman–Crippen MR) is 154 cm³/mol. The molecule has 5 aromatic rings. The summed E-state index contributed by atoms with van der Waals surface area (Å²) in [6.45, 7) is 0. The Bertz CT molecular complexity index is 2280. The van der Waals surface area contributed by atoms with Crippen LogP contribution in [0.1, 0.15) is 0 Å². The number of nitro groups is 1. The van der Waals surface area contributed by atoms with Crippen LogP contribution in [0.15, 0.2) is 68.6 Å². The number of anilines is 3. The summed E-state index contributed by atoms with van der Waals surface area (Å²) >= 11 is 5.77. The Labute approximate surface area is 250 Å². The number of nitro benzene ring substituents is 1. The molecule has 0 saturated heterocycles. The summed E-state index contributed by atoms with van der Waals surface area (Å²) in [6, 6.07) is 8.07. The predicted octanol–water partition coefficient (Wildman–Crippen LogP) is 4.39. The fraction of sp³-hybridized carbons (Fsp3) is 0. The van der Waals surface area contributed by atoms with Gasteiger partial charge in [0.25, 0.3) is 25.9 Å². The molecule has 0 atom stereocenters. The molecule has 0 aliphatic carbocycles. The second kappa shape index (κ2) is 10.8. The summed E-state index contributed by atoms with van der Waals surface area (Å²) in [7, 11) is -9.94. The first-order valence-electron chi connectivity index (χ1n) is 11.6. The fourth-order valence-corrected chi connectivity index (χ4v) is 5.75. The van der Waals surface area contributed by atoms with Gasteiger partial charge in [-0.25, -0.2) is 0 Å². The molecule has 4 aromatic carbocycles. The van der Waals surface area contributed by atoms with E-state index in [9.17, 15) is 46.3 Å². The molecule has 0 aliphatic rings. The van der Waals surface area contributed by atoms with Crippen LogP contribution in [0, 0.1) is 10.1 Å². The number of nitrogens with one attached hydrogen (secondary N) is 1. The smallest absolute Gasteiger partial charge is 0.295 e. The van der Waals surface area contributed by atoms with Gasteiger partial charge < -0.3 is 21.3 Å². The van der Waals surface area contributed by atoms with E-state index in [2.05, 4.69) is 30.5 Å². The van der Waals surface area contributed by atoms with Crippen molar-refractivity contribution in [2.75, 3.05) is 11.1 Å². The number of aromatic nitrogens is 3. The van der Waals surface area contributed by atoms with Crippen LogP contribution in [0.5, 0.6) is 11.5 Å². The average Bonchev–Trinajstić information content (AvgIpc) is 2.91. The number of benzene rings is 4. The van der Waals surface area contributed by atoms with Crippen molar-refractivity contribution < 1.29 is 41.1 Å². The quantitative estimate of drug-likeness (QED) is 0.0609. The summed E-state index contributed by atoms with van der Waals surface area (Å²) in [5.41, 5.74) is 4.21. The molecular formula is C23H15ClN8O10S2. The number of nitrogens with two attached hydrogens (primary N) is 1. The van der Waals surface area contributed by atoms with E-state index in [0.717, 1.165) is 24.3 Å². The fourth-order valence-electron chi connectivity index (χ4n) is 4.17. The van der Waals surface area contributed by atoms with Gasteiger partial charge in [-0.15, -0.1) is 10.2 Å². The summed E-state index contributed by atoms with van der Waals surface area (Å²) in [5.74, 6) is -1.76. The zero-order chi connectivity index (χ0) is 32.1. The number of halogens is 1. The Morgan fingerprint density at radius 1 is 0.841 bits per heavy atom. The minimum absolute atomic E-state index is 0.0951. The summed E-state index contributed by atoms with van der Waals surface area (Å²) in [4.78, 5) is 20.1. The third-order valence-electron chi connectivity index (χ3n) is 5.99. The number of phenolic OH excluding ortho intramolecular Hbond substituents is 2. The molecule has 1 aromatic heterocycles. The zero-order valence-corrected chi connectivity index (χ0v) is 23.7. The molecule has 5 rings (SSSR count). The number of nitrogens with zero attached hydrogens (tertiary/aromatic N) is 6. The van der Waals surface area contributed by atoms with Gasteiger partial charge >= 0.3 is 0 Å². The molecule has 0 aliphatic heterocycles. The first-order valence-corrected chi connectivity index (χ1v) is 14.8. The Morgan fingerprint density at radius 2 is 1.48 bits per heavy atom. The lowest BCUT2D eigenvalue weighted by Gasteiger charge is -2.12. The molecule has 226 valence electrons. The molecule has 0 saturated carbocycles. The second-order valence-electron chi connectivity index (χ2n) is 8.79. The normalized spacial score (nSPS) is 12.2. The van der Waals surface area contributed by atoms with Crippen LogP contribution in [0.25, 0.3) is 21.5 Å². The molecule has 0 bridgehead atoms. The van der Waals surface area contributed by atoms with Crippen LogP contribution in [0.3, 0.4) is 0 Å². The van der Waals surface area contributed by atoms with Crippen LogP contribution in [-0.2, 0) is 20.2 Å². The number of fused-ring (bicyclic) bond motifs is 2. The van der Waals surface area contributed by atoms with Crippen molar-refractivity contribution >= 4 is 88.0 Å². The molecule has 0 amide bonds. The lowest BCUT2D eigenvalue weighted by atomic mass is 10.1. The number of nitrogen functional groups attached to an aromatic ring is 1. The number of hydrogen-bond donors (Lipinski definition) is 6. The highest BCUT2D eigenvalue weighted by molar-refractivity contribution is 7.86. The van der Waals surface area contributed by atoms with E-state index in [1.807, 2.05) is 0 Å². The molecule has 0 radical (unpaired) electrons. The first kappa shape index (κ1) is 30.2. The summed E-state index contributed by atoms with van der Waals surface area (Å²) in [5, 5.41) is 41.9. The van der Waals surface area contributed by atoms with Gasteiger partial charge in [-0.3, -0.25) is 19.2 Å². The molecular weight excluding hydrogens is 648 g/mol. The second-order valence-corrected chi connectivity index (χ2v) is 11.9. The Morgan fingerprint density at radius 3 is 2.11 bits per heavy atom. The molecule has 0 spiro atoms. The number of azo groups is 1. The van der Waals surface area contributed by atoms with Crippen LogP contribution >= 0.6 is 11.6 Å². The third-order valence-corrected chi connectivity index (χ3v) is 7.95. The average molecular weight is 663 g/mol. The van der Waals surface area contributed by atoms with Crippen LogP contribution in [-0.4, -0.2) is 56.0 Å². The van der Waals surface area contributed by atoms with E-state index in [1.54, 1.807) is 0 Å². The Balaban J connectivity index is 1.67. The highest BCUT2D eigenvalue weighted by atomic mass is 35.5. The number of phenols is 2. The Kier molecular flexibility index (Phi) is 7.39. The molecule has 21 heteroatoms. The molecule has 0 fully saturated rings. The topological polar surface area (TPSA) is 294 Å². The van der Waals surface area contributed by atoms with Crippen molar-refractivity contribution in [1.29, 1.82) is 0 Å². The lowest BCUT2D eigenvalue weighted by Crippen LogP contribution is -2.04. The van der Waals surface area contributed by atoms with Gasteiger partial charge in [-0.1, -0.05) is 0 Å². The standard InChI is InChI=1S/C23H15ClN8O10S2/c24-21-27-22(25)29-23(28-21)26-9-1-3-12-13(5-9)17(43(37,38)39)7-15(20(12)34)30-31-19-11-4-2-10(32(35)36)6-14(11)18(8-16(19)33)44(40,41)42/h1-8,33-34H,(H,37,38,39)(H,40,41,42)(H3,25,26,27,28,29). The van der Waals surface area contributed by atoms with E-state index in [-0.39, 0.29) is 39.0 Å². The molecule has 44 heavy (non-hydrogen) atoms. The van der Waals surface area contributed by atoms with Gasteiger partial charge in [0, 0.05) is 45.4 Å². The number of aromatic hydroxyl groups is 2. The third kappa shape index (κ3) is 5.82. The molecule has 0 unspecified atom stereocenters. The summed E-state index contributed by atoms with van der Waals surface area (Å²) in [6.07, 6.45) is 0. The van der Waals surface area contributed by atoms with E-state index >= 15 is 0 Å². The summed E-state index contributed by atoms with van der Waals surface area (Å²) < 4.78 is 68.0. The largest absolute Gasteiger partial charge is 0.506 e. The van der Waals surface area contributed by atoms with Crippen molar-refractivity contribution in [2.24, 2.45) is 10.2 Å². The van der Waals surface area contributed by atoms with Gasteiger partial charge in [-0.05, 0) is 41.9 Å². The maximum absolute atomic E-state index is 12.3. The maximum atomic E-state index is 12.3. The molecule has 1 heterocycles. The van der Waals surface area contributed by atoms with Crippen molar-refractivity contribution in [3.8, 4) is 11.5 Å². The van der Waals surface area contributed by atoms with Crippen LogP contribution in [0.4, 0.5) is 34.6 Å². The van der Waals surface area contributed by atoms with Gasteiger partial charge in [0.05, 0.1) is 4.92 Å². The molecule has 18 nitrogen and oxygen atoms in total. The van der Waals surface area contributed by atoms with Crippen molar-refractivity contribution in [3.05, 3.63) is 63.9 Å². The van der Waals surface area contributed by atoms with Gasteiger partial charge in [-0.2, -0.15) is 31.8 Å². The maximum Gasteiger partial charge on any atom is 0.295 e. The van der Waals surface area contributed by atoms with Gasteiger partial charge in [0.2, 0.25) is 17.2 Å². The minimum atomic E-state index is -4.98. The van der Waals surface area contributed by atoms with Gasteiger partial charge in [0.15, 0.2) is 5.75 Å². The monoisotopic (exact) mass is 662 g/mol. The number of hydrogen-bond acceptors (Lipinski definition) is 15. The lowest BCUT2D eigenvalue weighted by molar-refractivity contribution is -0.384. The van der Waals surface area contributed by atoms with Crippen molar-refractivity contribution in [2.45, 2.75) is 9.79 Å². The van der Waals surface area contributed by atoms with E-state index in [4.69, 9.17) is 17.3 Å². The number of non-ortho nitro benzene ring substituents is 1. The zero-order valence-electron chi connectivity index (χ0n) is 21.3. The van der Waals surface area contributed by atoms with Gasteiger partial charge in [0.1, 0.15) is 26.9 Å². The van der Waals surface area contributed by atoms with E-state index in [1.165, 1.54) is 18.2 Å². The van der Waals surface area contributed by atoms with Crippen LogP contribution < -0.4 is 11.1 Å². The van der Waals surface area contributed by atoms with E-state index < -0.39 is 68.9 Å². The van der Waals surface area contributed by atoms with Crippen molar-refractivity contribution in [3.63, 3.8) is 0 Å². The number of rotatable bonds is 7. The Hall–Kier alpha value is -5.28. The highest BCUT2D eigenvalue weighted by Gasteiger charge is 2.24. The highest BCUT2D eigenvalue weighted by Crippen LogP contribution is 2.44. The van der Waals surface area contributed by atoms with Crippen molar-refractivity contribution in [1.82, 2.24) is 15.0 Å². The molecule has 7 N–H and O–H groups in total. The SMILES string of the molecule is Nc1nc(Cl)nc(Nc2ccc3c(O)c(N=Nc4c(O)cc(S(=O)(=O)O)c5cc([N+](=O)[O-])ccc45)cc(S(=O)(=O)O)c3c2)n1. The minimum Gasteiger partial charge on any atom is -0.506 e. The van der Waals surface area contributed by atoms with E-state index in [0.29, 0.717) is 6.07 Å². The first-order chi connectivity index (χ1) is 20.5. The van der Waals surface area contributed by atoms with Crippen LogP contribution in [0.2, 0.25) is 5.28 Å².